The number of aromatic carboxylic acids is 2. The summed E-state index contributed by atoms with van der Waals surface area (Å²) in [4.78, 5) is 41.4. The molecule has 0 amide bonds. The molecule has 10 nitrogen and oxygen atoms in total. The molecule has 0 aliphatic rings. The summed E-state index contributed by atoms with van der Waals surface area (Å²) in [6.07, 6.45) is 6.45. The number of carboxylic acid groups (broad SMARTS) is 2. The summed E-state index contributed by atoms with van der Waals surface area (Å²) in [5.41, 5.74) is 5.16. The van der Waals surface area contributed by atoms with E-state index in [0.717, 1.165) is 21.8 Å². The van der Waals surface area contributed by atoms with Crippen LogP contribution in [0.15, 0.2) is 108 Å². The van der Waals surface area contributed by atoms with Gasteiger partial charge in [0.2, 0.25) is 0 Å². The maximum atomic E-state index is 10.8. The van der Waals surface area contributed by atoms with Crippen molar-refractivity contribution >= 4 is 86.4 Å². The molecule has 7 aromatic rings. The number of thiocarbonyl (C=S) groups is 1. The molecule has 49 heavy (non-hydrogen) atoms. The molecule has 0 aliphatic carbocycles. The zero-order valence-corrected chi connectivity index (χ0v) is 29.8. The van der Waals surface area contributed by atoms with Gasteiger partial charge in [0.05, 0.1) is 33.5 Å². The number of fused-ring (bicyclic) bond motifs is 3. The van der Waals surface area contributed by atoms with Gasteiger partial charge >= 0.3 is 31.4 Å². The van der Waals surface area contributed by atoms with Crippen LogP contribution in [0.3, 0.4) is 0 Å². The fraction of sp³-hybridized carbons (Fsp3) is 0. The molecule has 0 unspecified atom stereocenters. The van der Waals surface area contributed by atoms with Crippen molar-refractivity contribution in [2.75, 3.05) is 0 Å². The maximum absolute atomic E-state index is 10.8. The Labute approximate surface area is 311 Å². The zero-order chi connectivity index (χ0) is 34.5. The third kappa shape index (κ3) is 9.68. The fourth-order valence-corrected chi connectivity index (χ4v) is 6.06. The van der Waals surface area contributed by atoms with Crippen LogP contribution in [-0.2, 0) is 32.1 Å². The number of benzene rings is 1. The van der Waals surface area contributed by atoms with E-state index in [9.17, 15) is 9.59 Å². The summed E-state index contributed by atoms with van der Waals surface area (Å²) >= 11 is 10.9. The van der Waals surface area contributed by atoms with Crippen molar-refractivity contribution in [3.63, 3.8) is 0 Å². The molecule has 0 bridgehead atoms. The van der Waals surface area contributed by atoms with Gasteiger partial charge in [0.15, 0.2) is 0 Å². The van der Waals surface area contributed by atoms with Gasteiger partial charge in [-0.3, -0.25) is 19.9 Å². The van der Waals surface area contributed by atoms with E-state index in [0.29, 0.717) is 11.4 Å². The maximum Gasteiger partial charge on any atom is 2.00 e. The van der Waals surface area contributed by atoms with Gasteiger partial charge in [-0.05, 0) is 59.3 Å². The minimum absolute atomic E-state index is 0. The smallest absolute Gasteiger partial charge is 0.753 e. The Hall–Kier alpha value is -5.19. The first-order valence-corrected chi connectivity index (χ1v) is 16.1. The second-order valence-electron chi connectivity index (χ2n) is 9.18. The Kier molecular flexibility index (Phi) is 14.8. The largest absolute Gasteiger partial charge is 2.00 e. The Morgan fingerprint density at radius 3 is 1.41 bits per heavy atom. The number of nitrogens with zero attached hydrogens (tertiary/aromatic N) is 6. The molecule has 0 fully saturated rings. The van der Waals surface area contributed by atoms with Crippen LogP contribution < -0.4 is 0 Å². The van der Waals surface area contributed by atoms with Gasteiger partial charge in [-0.1, -0.05) is 41.9 Å². The Morgan fingerprint density at radius 1 is 0.714 bits per heavy atom. The minimum Gasteiger partial charge on any atom is -0.753 e. The van der Waals surface area contributed by atoms with E-state index < -0.39 is 11.9 Å². The number of aromatic nitrogens is 4. The van der Waals surface area contributed by atoms with E-state index in [1.807, 2.05) is 12.4 Å². The molecular formula is C34H20N6O4RuS4. The van der Waals surface area contributed by atoms with Crippen LogP contribution in [0.5, 0.6) is 0 Å². The summed E-state index contributed by atoms with van der Waals surface area (Å²) in [5.74, 6) is -2.15. The molecule has 0 aliphatic heterocycles. The first kappa shape index (κ1) is 38.3. The van der Waals surface area contributed by atoms with Crippen molar-refractivity contribution in [1.82, 2.24) is 19.9 Å². The molecule has 1 aromatic carbocycles. The summed E-state index contributed by atoms with van der Waals surface area (Å²) in [6.45, 7) is 0. The second-order valence-corrected chi connectivity index (χ2v) is 11.4. The molecule has 0 saturated heterocycles. The molecule has 6 heterocycles. The van der Waals surface area contributed by atoms with E-state index in [-0.39, 0.29) is 30.6 Å². The van der Waals surface area contributed by atoms with E-state index in [1.165, 1.54) is 68.1 Å². The van der Waals surface area contributed by atoms with Crippen LogP contribution in [-0.4, -0.2) is 47.2 Å². The van der Waals surface area contributed by atoms with Gasteiger partial charge in [-0.15, -0.1) is 22.7 Å². The molecule has 15 heteroatoms. The third-order valence-corrected chi connectivity index (χ3v) is 8.28. The number of nitriles is 1. The average Bonchev–Trinajstić information content (AvgIpc) is 3.85. The minimum atomic E-state index is -1.08. The Balaban J connectivity index is 0.000000232. The van der Waals surface area contributed by atoms with Crippen LogP contribution in [0.4, 0.5) is 0 Å². The van der Waals surface area contributed by atoms with Crippen LogP contribution in [0.2, 0.25) is 0 Å². The molecule has 6 aromatic heterocycles. The van der Waals surface area contributed by atoms with Crippen molar-refractivity contribution in [3.05, 3.63) is 125 Å². The number of thiophene rings is 2. The van der Waals surface area contributed by atoms with Gasteiger partial charge in [0.1, 0.15) is 0 Å². The first-order valence-electron chi connectivity index (χ1n) is 13.5. The predicted octanol–water partition coefficient (Wildman–Crippen LogP) is 8.45. The number of thiocyanates is 1. The summed E-state index contributed by atoms with van der Waals surface area (Å²) in [6, 6.07) is 22.4. The van der Waals surface area contributed by atoms with Crippen molar-refractivity contribution in [3.8, 4) is 37.7 Å². The summed E-state index contributed by atoms with van der Waals surface area (Å²) in [7, 11) is 0. The van der Waals surface area contributed by atoms with Crippen molar-refractivity contribution < 1.29 is 39.3 Å². The normalized spacial score (nSPS) is 9.53. The zero-order valence-electron chi connectivity index (χ0n) is 24.8. The van der Waals surface area contributed by atoms with Gasteiger partial charge in [0, 0.05) is 56.4 Å². The molecular weight excluding hydrogens is 786 g/mol. The Morgan fingerprint density at radius 2 is 1.08 bits per heavy atom. The SMILES string of the molecule is N#C[S-].O=C(O)c1ccnc(-c2cc(C(=O)O)ccn2)c1.[N-]=C=S.[Ru+2].c1csc(-c2ccnc3c2ccc2c(-c4cccs4)ccnc23)c1. The number of hydrogen-bond acceptors (Lipinski definition) is 11. The van der Waals surface area contributed by atoms with Crippen LogP contribution >= 0.6 is 34.9 Å². The number of isothiocyanates is 1. The molecule has 7 rings (SSSR count). The summed E-state index contributed by atoms with van der Waals surface area (Å²) < 4.78 is 0. The van der Waals surface area contributed by atoms with Crippen molar-refractivity contribution in [2.45, 2.75) is 0 Å². The predicted molar refractivity (Wildman–Crippen MR) is 194 cm³/mol. The van der Waals surface area contributed by atoms with Crippen molar-refractivity contribution in [1.29, 1.82) is 5.26 Å². The fourth-order valence-electron chi connectivity index (χ4n) is 4.53. The molecule has 0 saturated carbocycles. The standard InChI is InChI=1S/C20H12N2S2.C12H8N2O4.CHNS.CNS.Ru/c1-3-17(23-11-1)13-7-9-21-19-15(13)5-6-16-14(8-10-22-20(16)19)18-4-2-12-24-18;15-11(16)7-1-3-13-9(5-7)10-6-8(12(17)18)2-4-14-10;2*2-1-3;/h1-12H;1-6H,(H,15,16)(H,17,18);3H;;/q;;;-1;+2/p-1. The molecule has 0 radical (unpaired) electrons. The van der Waals surface area contributed by atoms with E-state index in [1.54, 1.807) is 22.7 Å². The van der Waals surface area contributed by atoms with E-state index in [4.69, 9.17) is 20.9 Å². The number of pyridine rings is 4. The van der Waals surface area contributed by atoms with Crippen LogP contribution in [0.1, 0.15) is 20.7 Å². The van der Waals surface area contributed by atoms with Crippen molar-refractivity contribution in [2.24, 2.45) is 0 Å². The number of carbonyl (C=O) groups is 2. The van der Waals surface area contributed by atoms with Gasteiger partial charge in [-0.25, -0.2) is 14.9 Å². The van der Waals surface area contributed by atoms with Crippen LogP contribution in [0.25, 0.3) is 59.5 Å². The number of carboxylic acids is 2. The second kappa shape index (κ2) is 19.0. The number of rotatable bonds is 5. The first-order chi connectivity index (χ1) is 23.3. The molecule has 0 spiro atoms. The van der Waals surface area contributed by atoms with E-state index in [2.05, 4.69) is 104 Å². The summed E-state index contributed by atoms with van der Waals surface area (Å²) in [5, 5.41) is 41.2. The average molecular weight is 806 g/mol. The van der Waals surface area contributed by atoms with Gasteiger partial charge in [0.25, 0.3) is 0 Å². The third-order valence-electron chi connectivity index (χ3n) is 6.47. The topological polar surface area (TPSA) is 172 Å². The van der Waals surface area contributed by atoms with Crippen LogP contribution in [0, 0.1) is 10.7 Å². The molecule has 242 valence electrons. The van der Waals surface area contributed by atoms with E-state index >= 15 is 0 Å². The number of hydrogen-bond donors (Lipinski definition) is 2. The monoisotopic (exact) mass is 806 g/mol. The Bertz CT molecular complexity index is 2120. The quantitative estimate of drug-likeness (QED) is 0.0427. The molecule has 0 atom stereocenters. The van der Waals surface area contributed by atoms with Gasteiger partial charge < -0.3 is 28.3 Å². The molecule has 2 N–H and O–H groups in total. The van der Waals surface area contributed by atoms with Gasteiger partial charge in [-0.2, -0.15) is 5.16 Å².